The van der Waals surface area contributed by atoms with Gasteiger partial charge in [0.15, 0.2) is 0 Å². The molecule has 1 saturated heterocycles. The second-order valence-corrected chi connectivity index (χ2v) is 4.91. The van der Waals surface area contributed by atoms with E-state index in [0.29, 0.717) is 12.6 Å². The summed E-state index contributed by atoms with van der Waals surface area (Å²) < 4.78 is 7.70. The Balaban J connectivity index is 2.09. The van der Waals surface area contributed by atoms with Gasteiger partial charge in [0.25, 0.3) is 0 Å². The quantitative estimate of drug-likeness (QED) is 0.900. The average molecular weight is 260 g/mol. The third-order valence-electron chi connectivity index (χ3n) is 3.61. The van der Waals surface area contributed by atoms with Gasteiger partial charge in [-0.3, -0.25) is 0 Å². The summed E-state index contributed by atoms with van der Waals surface area (Å²) >= 11 is 0. The summed E-state index contributed by atoms with van der Waals surface area (Å²) in [5.41, 5.74) is 2.00. The minimum Gasteiger partial charge on any atom is -0.478 e. The van der Waals surface area contributed by atoms with Crippen LogP contribution in [0.15, 0.2) is 18.2 Å². The number of rotatable bonds is 2. The molecule has 5 nitrogen and oxygen atoms in total. The molecule has 5 heteroatoms. The van der Waals surface area contributed by atoms with Crippen LogP contribution >= 0.6 is 0 Å². The van der Waals surface area contributed by atoms with E-state index in [1.807, 2.05) is 13.0 Å². The minimum absolute atomic E-state index is 0.275. The molecule has 1 atom stereocenters. The van der Waals surface area contributed by atoms with E-state index in [0.717, 1.165) is 36.3 Å². The molecule has 100 valence electrons. The number of aryl methyl sites for hydroxylation is 1. The Labute approximate surface area is 110 Å². The van der Waals surface area contributed by atoms with Gasteiger partial charge < -0.3 is 14.4 Å². The summed E-state index contributed by atoms with van der Waals surface area (Å²) in [7, 11) is 0. The Morgan fingerprint density at radius 3 is 3.05 bits per heavy atom. The highest BCUT2D eigenvalue weighted by atomic mass is 16.5. The number of hydrogen-bond acceptors (Lipinski definition) is 3. The number of fused-ring (bicyclic) bond motifs is 1. The first-order valence-corrected chi connectivity index (χ1v) is 6.46. The lowest BCUT2D eigenvalue weighted by Crippen LogP contribution is -2.22. The number of aromatic nitrogens is 2. The topological polar surface area (TPSA) is 64.3 Å². The fourth-order valence-corrected chi connectivity index (χ4v) is 2.74. The molecule has 1 aliphatic heterocycles. The second kappa shape index (κ2) is 4.66. The van der Waals surface area contributed by atoms with E-state index >= 15 is 0 Å². The molecule has 0 amide bonds. The first-order valence-electron chi connectivity index (χ1n) is 6.46. The van der Waals surface area contributed by atoms with Crippen molar-refractivity contribution in [3.8, 4) is 0 Å². The van der Waals surface area contributed by atoms with E-state index in [2.05, 4.69) is 9.55 Å². The smallest absolute Gasteiger partial charge is 0.335 e. The SMILES string of the molecule is Cc1nc2cc(C(=O)O)ccc2n1C1CCCOC1. The van der Waals surface area contributed by atoms with E-state index in [-0.39, 0.29) is 5.56 Å². The molecule has 2 aromatic rings. The molecule has 19 heavy (non-hydrogen) atoms. The van der Waals surface area contributed by atoms with Crippen LogP contribution in [-0.4, -0.2) is 33.8 Å². The van der Waals surface area contributed by atoms with Crippen molar-refractivity contribution >= 4 is 17.0 Å². The Morgan fingerprint density at radius 1 is 1.53 bits per heavy atom. The number of hydrogen-bond donors (Lipinski definition) is 1. The summed E-state index contributed by atoms with van der Waals surface area (Å²) in [5, 5.41) is 9.01. The molecular formula is C14H16N2O3. The number of benzene rings is 1. The summed E-state index contributed by atoms with van der Waals surface area (Å²) in [6.45, 7) is 3.48. The van der Waals surface area contributed by atoms with Crippen LogP contribution in [0.4, 0.5) is 0 Å². The fourth-order valence-electron chi connectivity index (χ4n) is 2.74. The van der Waals surface area contributed by atoms with Gasteiger partial charge in [0.1, 0.15) is 5.82 Å². The van der Waals surface area contributed by atoms with E-state index in [4.69, 9.17) is 9.84 Å². The van der Waals surface area contributed by atoms with Crippen LogP contribution in [0.2, 0.25) is 0 Å². The molecule has 0 spiro atoms. The molecule has 1 aliphatic rings. The Morgan fingerprint density at radius 2 is 2.37 bits per heavy atom. The van der Waals surface area contributed by atoms with Crippen LogP contribution in [0.5, 0.6) is 0 Å². The molecule has 2 heterocycles. The van der Waals surface area contributed by atoms with Crippen molar-refractivity contribution in [3.63, 3.8) is 0 Å². The number of imidazole rings is 1. The highest BCUT2D eigenvalue weighted by molar-refractivity contribution is 5.92. The number of nitrogens with zero attached hydrogens (tertiary/aromatic N) is 2. The molecule has 0 aliphatic carbocycles. The van der Waals surface area contributed by atoms with Crippen molar-refractivity contribution < 1.29 is 14.6 Å². The lowest BCUT2D eigenvalue weighted by atomic mass is 10.1. The maximum Gasteiger partial charge on any atom is 0.335 e. The zero-order valence-corrected chi connectivity index (χ0v) is 10.8. The van der Waals surface area contributed by atoms with Crippen LogP contribution in [0.3, 0.4) is 0 Å². The van der Waals surface area contributed by atoms with Crippen molar-refractivity contribution in [2.75, 3.05) is 13.2 Å². The number of carboxylic acids is 1. The van der Waals surface area contributed by atoms with Gasteiger partial charge in [0.2, 0.25) is 0 Å². The molecule has 0 bridgehead atoms. The number of carboxylic acid groups (broad SMARTS) is 1. The van der Waals surface area contributed by atoms with Gasteiger partial charge in [-0.05, 0) is 38.0 Å². The van der Waals surface area contributed by atoms with Crippen LogP contribution in [-0.2, 0) is 4.74 Å². The number of ether oxygens (including phenoxy) is 1. The van der Waals surface area contributed by atoms with Crippen molar-refractivity contribution in [3.05, 3.63) is 29.6 Å². The molecular weight excluding hydrogens is 244 g/mol. The zero-order valence-electron chi connectivity index (χ0n) is 10.8. The summed E-state index contributed by atoms with van der Waals surface area (Å²) in [5.74, 6) is -0.0110. The normalized spacial score (nSPS) is 19.7. The minimum atomic E-state index is -0.921. The first kappa shape index (κ1) is 12.2. The predicted octanol–water partition coefficient (Wildman–Crippen LogP) is 2.39. The molecule has 1 aromatic carbocycles. The zero-order chi connectivity index (χ0) is 13.4. The summed E-state index contributed by atoms with van der Waals surface area (Å²) in [6, 6.07) is 5.40. The summed E-state index contributed by atoms with van der Waals surface area (Å²) in [4.78, 5) is 15.5. The van der Waals surface area contributed by atoms with Gasteiger partial charge in [-0.1, -0.05) is 0 Å². The fraction of sp³-hybridized carbons (Fsp3) is 0.429. The third kappa shape index (κ3) is 2.10. The Bertz CT molecular complexity index is 627. The highest BCUT2D eigenvalue weighted by Crippen LogP contribution is 2.27. The lowest BCUT2D eigenvalue weighted by molar-refractivity contribution is 0.0598. The van der Waals surface area contributed by atoms with Crippen molar-refractivity contribution in [2.24, 2.45) is 0 Å². The van der Waals surface area contributed by atoms with Crippen LogP contribution in [0, 0.1) is 6.92 Å². The Kier molecular flexibility index (Phi) is 2.98. The van der Waals surface area contributed by atoms with Crippen molar-refractivity contribution in [2.45, 2.75) is 25.8 Å². The Hall–Kier alpha value is -1.88. The summed E-state index contributed by atoms with van der Waals surface area (Å²) in [6.07, 6.45) is 2.13. The van der Waals surface area contributed by atoms with Gasteiger partial charge >= 0.3 is 5.97 Å². The molecule has 1 fully saturated rings. The van der Waals surface area contributed by atoms with Crippen molar-refractivity contribution in [1.29, 1.82) is 0 Å². The van der Waals surface area contributed by atoms with Crippen LogP contribution in [0.25, 0.3) is 11.0 Å². The van der Waals surface area contributed by atoms with E-state index in [1.165, 1.54) is 0 Å². The van der Waals surface area contributed by atoms with Crippen molar-refractivity contribution in [1.82, 2.24) is 9.55 Å². The van der Waals surface area contributed by atoms with Gasteiger partial charge in [-0.15, -0.1) is 0 Å². The molecule has 0 radical (unpaired) electrons. The molecule has 1 N–H and O–H groups in total. The first-order chi connectivity index (χ1) is 9.16. The van der Waals surface area contributed by atoms with Crippen LogP contribution in [0.1, 0.15) is 35.1 Å². The third-order valence-corrected chi connectivity index (χ3v) is 3.61. The number of aromatic carboxylic acids is 1. The standard InChI is InChI=1S/C14H16N2O3/c1-9-15-12-7-10(14(17)18)4-5-13(12)16(9)11-3-2-6-19-8-11/h4-5,7,11H,2-3,6,8H2,1H3,(H,17,18). The van der Waals surface area contributed by atoms with E-state index in [9.17, 15) is 4.79 Å². The lowest BCUT2D eigenvalue weighted by Gasteiger charge is -2.25. The van der Waals surface area contributed by atoms with Gasteiger partial charge in [0.05, 0.1) is 29.2 Å². The molecule has 0 saturated carbocycles. The monoisotopic (exact) mass is 260 g/mol. The second-order valence-electron chi connectivity index (χ2n) is 4.91. The maximum atomic E-state index is 11.0. The van der Waals surface area contributed by atoms with Gasteiger partial charge in [-0.25, -0.2) is 9.78 Å². The number of carbonyl (C=O) groups is 1. The molecule has 3 rings (SSSR count). The molecule has 1 aromatic heterocycles. The average Bonchev–Trinajstić information content (AvgIpc) is 2.74. The maximum absolute atomic E-state index is 11.0. The van der Waals surface area contributed by atoms with E-state index in [1.54, 1.807) is 12.1 Å². The van der Waals surface area contributed by atoms with Gasteiger partial charge in [-0.2, -0.15) is 0 Å². The van der Waals surface area contributed by atoms with Crippen LogP contribution < -0.4 is 0 Å². The predicted molar refractivity (Wildman–Crippen MR) is 70.5 cm³/mol. The van der Waals surface area contributed by atoms with E-state index < -0.39 is 5.97 Å². The highest BCUT2D eigenvalue weighted by Gasteiger charge is 2.20. The van der Waals surface area contributed by atoms with Gasteiger partial charge in [0, 0.05) is 6.61 Å². The largest absolute Gasteiger partial charge is 0.478 e. The molecule has 1 unspecified atom stereocenters.